The molecule has 1 aromatic rings. The minimum Gasteiger partial charge on any atom is -0.314 e. The van der Waals surface area contributed by atoms with E-state index in [0.717, 1.165) is 32.2 Å². The highest BCUT2D eigenvalue weighted by Gasteiger charge is 2.32. The molecule has 5 nitrogen and oxygen atoms in total. The Bertz CT molecular complexity index is 646. The lowest BCUT2D eigenvalue weighted by Crippen LogP contribution is -2.46. The average Bonchev–Trinajstić information content (AvgIpc) is 2.47. The molecule has 0 unspecified atom stereocenters. The summed E-state index contributed by atoms with van der Waals surface area (Å²) in [5.74, 6) is 0. The highest BCUT2D eigenvalue weighted by Crippen LogP contribution is 2.33. The van der Waals surface area contributed by atoms with E-state index in [9.17, 15) is 21.6 Å². The molecule has 0 amide bonds. The van der Waals surface area contributed by atoms with Crippen molar-refractivity contribution in [3.63, 3.8) is 0 Å². The van der Waals surface area contributed by atoms with E-state index in [4.69, 9.17) is 11.6 Å². The summed E-state index contributed by atoms with van der Waals surface area (Å²) in [6.07, 6.45) is -4.57. The van der Waals surface area contributed by atoms with Gasteiger partial charge in [-0.3, -0.25) is 4.90 Å². The predicted molar refractivity (Wildman–Crippen MR) is 81.0 cm³/mol. The van der Waals surface area contributed by atoms with Crippen LogP contribution in [0.3, 0.4) is 0 Å². The van der Waals surface area contributed by atoms with Crippen LogP contribution >= 0.6 is 11.6 Å². The lowest BCUT2D eigenvalue weighted by Gasteiger charge is -2.27. The van der Waals surface area contributed by atoms with Gasteiger partial charge in [0.05, 0.1) is 10.6 Å². The molecular weight excluding hydrogens is 355 g/mol. The molecule has 0 spiro atoms. The lowest BCUT2D eigenvalue weighted by molar-refractivity contribution is -0.137. The summed E-state index contributed by atoms with van der Waals surface area (Å²) in [4.78, 5) is 1.74. The number of hydrogen-bond donors (Lipinski definition) is 2. The summed E-state index contributed by atoms with van der Waals surface area (Å²) in [6, 6.07) is 2.20. The summed E-state index contributed by atoms with van der Waals surface area (Å²) in [5, 5.41) is 2.73. The molecule has 2 N–H and O–H groups in total. The smallest absolute Gasteiger partial charge is 0.314 e. The van der Waals surface area contributed by atoms with Crippen LogP contribution in [-0.4, -0.2) is 52.6 Å². The van der Waals surface area contributed by atoms with Crippen LogP contribution in [-0.2, 0) is 16.2 Å². The molecular formula is C13H17ClF3N3O2S. The van der Waals surface area contributed by atoms with Crippen molar-refractivity contribution in [1.82, 2.24) is 14.9 Å². The van der Waals surface area contributed by atoms with Crippen LogP contribution in [0.25, 0.3) is 0 Å². The van der Waals surface area contributed by atoms with Crippen LogP contribution < -0.4 is 10.0 Å². The molecule has 0 saturated carbocycles. The van der Waals surface area contributed by atoms with Crippen molar-refractivity contribution in [3.05, 3.63) is 28.8 Å². The van der Waals surface area contributed by atoms with Gasteiger partial charge in [-0.25, -0.2) is 13.1 Å². The van der Waals surface area contributed by atoms with Crippen LogP contribution in [0.1, 0.15) is 5.56 Å². The van der Waals surface area contributed by atoms with Gasteiger partial charge in [-0.15, -0.1) is 0 Å². The van der Waals surface area contributed by atoms with Gasteiger partial charge < -0.3 is 5.32 Å². The quantitative estimate of drug-likeness (QED) is 0.824. The van der Waals surface area contributed by atoms with Crippen LogP contribution in [0.15, 0.2) is 23.1 Å². The Kier molecular flexibility index (Phi) is 5.90. The number of piperazine rings is 1. The van der Waals surface area contributed by atoms with Crippen molar-refractivity contribution in [1.29, 1.82) is 0 Å². The number of nitrogens with zero attached hydrogens (tertiary/aromatic N) is 1. The topological polar surface area (TPSA) is 61.4 Å². The van der Waals surface area contributed by atoms with Crippen LogP contribution in [0.2, 0.25) is 5.02 Å². The number of hydrogen-bond acceptors (Lipinski definition) is 4. The molecule has 0 aliphatic carbocycles. The van der Waals surface area contributed by atoms with Gasteiger partial charge in [0, 0.05) is 39.3 Å². The second-order valence-corrected chi connectivity index (χ2v) is 7.27. The van der Waals surface area contributed by atoms with E-state index in [0.29, 0.717) is 18.7 Å². The Balaban J connectivity index is 2.01. The van der Waals surface area contributed by atoms with Crippen LogP contribution in [0, 0.1) is 0 Å². The maximum atomic E-state index is 12.6. The fourth-order valence-electron chi connectivity index (χ4n) is 2.25. The highest BCUT2D eigenvalue weighted by atomic mass is 35.5. The molecule has 1 aliphatic heterocycles. The number of sulfonamides is 1. The molecule has 0 bridgehead atoms. The number of rotatable bonds is 5. The van der Waals surface area contributed by atoms with Crippen molar-refractivity contribution in [2.45, 2.75) is 11.1 Å². The third kappa shape index (κ3) is 5.05. The van der Waals surface area contributed by atoms with E-state index in [1.807, 2.05) is 0 Å². The van der Waals surface area contributed by atoms with E-state index in [2.05, 4.69) is 14.9 Å². The third-order valence-electron chi connectivity index (χ3n) is 3.48. The lowest BCUT2D eigenvalue weighted by atomic mass is 10.2. The number of nitrogens with one attached hydrogen (secondary N) is 2. The molecule has 1 aromatic carbocycles. The Morgan fingerprint density at radius 1 is 1.26 bits per heavy atom. The van der Waals surface area contributed by atoms with E-state index in [1.54, 1.807) is 0 Å². The second kappa shape index (κ2) is 7.35. The van der Waals surface area contributed by atoms with Crippen molar-refractivity contribution in [2.24, 2.45) is 0 Å². The first-order valence-electron chi connectivity index (χ1n) is 6.99. The molecule has 0 radical (unpaired) electrons. The Morgan fingerprint density at radius 3 is 2.48 bits per heavy atom. The molecule has 0 aromatic heterocycles. The van der Waals surface area contributed by atoms with Gasteiger partial charge >= 0.3 is 6.18 Å². The van der Waals surface area contributed by atoms with Gasteiger partial charge in [0.2, 0.25) is 10.0 Å². The molecule has 10 heteroatoms. The minimum absolute atomic E-state index is 0.166. The SMILES string of the molecule is O=S(=O)(NCCN1CCNCC1)c1ccc(C(F)(F)F)cc1Cl. The first kappa shape index (κ1) is 18.5. The molecule has 1 saturated heterocycles. The Labute approximate surface area is 137 Å². The zero-order valence-corrected chi connectivity index (χ0v) is 13.7. The van der Waals surface area contributed by atoms with E-state index < -0.39 is 26.8 Å². The molecule has 1 heterocycles. The van der Waals surface area contributed by atoms with Gasteiger partial charge in [0.15, 0.2) is 0 Å². The van der Waals surface area contributed by atoms with Gasteiger partial charge in [-0.05, 0) is 18.2 Å². The van der Waals surface area contributed by atoms with Crippen LogP contribution in [0.5, 0.6) is 0 Å². The van der Waals surface area contributed by atoms with E-state index >= 15 is 0 Å². The summed E-state index contributed by atoms with van der Waals surface area (Å²) in [5.41, 5.74) is -0.984. The van der Waals surface area contributed by atoms with Gasteiger partial charge in [0.25, 0.3) is 0 Å². The summed E-state index contributed by atoms with van der Waals surface area (Å²) >= 11 is 5.71. The maximum Gasteiger partial charge on any atom is 0.416 e. The zero-order valence-electron chi connectivity index (χ0n) is 12.2. The minimum atomic E-state index is -4.57. The van der Waals surface area contributed by atoms with Gasteiger partial charge in [-0.2, -0.15) is 13.2 Å². The van der Waals surface area contributed by atoms with E-state index in [-0.39, 0.29) is 11.4 Å². The van der Waals surface area contributed by atoms with Crippen molar-refractivity contribution in [2.75, 3.05) is 39.3 Å². The number of alkyl halides is 3. The maximum absolute atomic E-state index is 12.6. The van der Waals surface area contributed by atoms with E-state index in [1.165, 1.54) is 0 Å². The normalized spacial score (nSPS) is 17.4. The third-order valence-corrected chi connectivity index (χ3v) is 5.42. The van der Waals surface area contributed by atoms with Gasteiger partial charge in [-0.1, -0.05) is 11.6 Å². The van der Waals surface area contributed by atoms with Crippen molar-refractivity contribution in [3.8, 4) is 0 Å². The first-order chi connectivity index (χ1) is 10.7. The molecule has 2 rings (SSSR count). The molecule has 1 aliphatic rings. The van der Waals surface area contributed by atoms with Crippen molar-refractivity contribution < 1.29 is 21.6 Å². The first-order valence-corrected chi connectivity index (χ1v) is 8.86. The Hall–Kier alpha value is -0.870. The Morgan fingerprint density at radius 2 is 1.91 bits per heavy atom. The van der Waals surface area contributed by atoms with Gasteiger partial charge in [0.1, 0.15) is 4.90 Å². The summed E-state index contributed by atoms with van der Waals surface area (Å²) in [6.45, 7) is 4.03. The van der Waals surface area contributed by atoms with Crippen molar-refractivity contribution >= 4 is 21.6 Å². The average molecular weight is 372 g/mol. The standard InChI is InChI=1S/C13H17ClF3N3O2S/c14-11-9-10(13(15,16)17)1-2-12(11)23(21,22)19-5-8-20-6-3-18-4-7-20/h1-2,9,18-19H,3-8H2. The van der Waals surface area contributed by atoms with Crippen LogP contribution in [0.4, 0.5) is 13.2 Å². The number of benzene rings is 1. The predicted octanol–water partition coefficient (Wildman–Crippen LogP) is 1.54. The summed E-state index contributed by atoms with van der Waals surface area (Å²) < 4.78 is 64.4. The summed E-state index contributed by atoms with van der Waals surface area (Å²) in [7, 11) is -3.95. The zero-order chi connectivity index (χ0) is 17.1. The largest absolute Gasteiger partial charge is 0.416 e. The highest BCUT2D eigenvalue weighted by molar-refractivity contribution is 7.89. The molecule has 23 heavy (non-hydrogen) atoms. The second-order valence-electron chi connectivity index (χ2n) is 5.13. The fourth-order valence-corrected chi connectivity index (χ4v) is 3.81. The molecule has 0 atom stereocenters. The number of halogens is 4. The monoisotopic (exact) mass is 371 g/mol. The molecule has 130 valence electrons. The fraction of sp³-hybridized carbons (Fsp3) is 0.538. The molecule has 1 fully saturated rings.